The lowest BCUT2D eigenvalue weighted by atomic mass is 10.0. The molecule has 1 atom stereocenters. The molecule has 1 unspecified atom stereocenters. The number of nitrogens with one attached hydrogen (secondary N) is 2. The summed E-state index contributed by atoms with van der Waals surface area (Å²) in [5.41, 5.74) is 8.27. The third-order valence-corrected chi connectivity index (χ3v) is 6.01. The number of hydrogen-bond donors (Lipinski definition) is 4. The molecule has 5 aromatic heterocycles. The second kappa shape index (κ2) is 10.0. The Kier molecular flexibility index (Phi) is 6.95. The van der Waals surface area contributed by atoms with Crippen LogP contribution < -0.4 is 16.6 Å². The van der Waals surface area contributed by atoms with E-state index in [4.69, 9.17) is 20.6 Å². The van der Waals surface area contributed by atoms with E-state index in [0.29, 0.717) is 33.2 Å². The van der Waals surface area contributed by atoms with Crippen molar-refractivity contribution in [3.8, 4) is 11.1 Å². The molecule has 0 aliphatic heterocycles. The third kappa shape index (κ3) is 5.22. The van der Waals surface area contributed by atoms with Gasteiger partial charge in [0.25, 0.3) is 5.56 Å². The van der Waals surface area contributed by atoms with E-state index in [9.17, 15) is 22.4 Å². The van der Waals surface area contributed by atoms with Crippen molar-refractivity contribution in [1.82, 2.24) is 34.3 Å². The molecule has 198 valence electrons. The highest BCUT2D eigenvalue weighted by Gasteiger charge is 2.38. The topological polar surface area (TPSA) is 177 Å². The molecule has 0 amide bonds. The highest BCUT2D eigenvalue weighted by Crippen LogP contribution is 2.29. The van der Waals surface area contributed by atoms with Gasteiger partial charge in [-0.3, -0.25) is 14.2 Å². The van der Waals surface area contributed by atoms with Gasteiger partial charge in [-0.15, -0.1) is 11.3 Å². The van der Waals surface area contributed by atoms with Crippen LogP contribution in [0.5, 0.6) is 0 Å². The van der Waals surface area contributed by atoms with Gasteiger partial charge in [-0.2, -0.15) is 23.1 Å². The maximum absolute atomic E-state index is 13.9. The van der Waals surface area contributed by atoms with Gasteiger partial charge in [0.2, 0.25) is 5.95 Å². The van der Waals surface area contributed by atoms with E-state index in [1.165, 1.54) is 34.3 Å². The Labute approximate surface area is 213 Å². The Bertz CT molecular complexity index is 1710. The van der Waals surface area contributed by atoms with Crippen LogP contribution in [0.3, 0.4) is 0 Å². The summed E-state index contributed by atoms with van der Waals surface area (Å²) in [4.78, 5) is 46.9. The van der Waals surface area contributed by atoms with Crippen LogP contribution in [0.1, 0.15) is 24.4 Å². The number of halogens is 4. The molecule has 0 fully saturated rings. The number of hydrogen-bond acceptors (Lipinski definition) is 10. The fourth-order valence-electron chi connectivity index (χ4n) is 3.46. The maximum Gasteiger partial charge on any atom is 0.490 e. The Morgan fingerprint density at radius 1 is 1.26 bits per heavy atom. The fourth-order valence-corrected chi connectivity index (χ4v) is 4.32. The van der Waals surface area contributed by atoms with E-state index in [-0.39, 0.29) is 17.1 Å². The molecule has 0 aliphatic rings. The number of aryl methyl sites for hydroxylation is 1. The normalized spacial score (nSPS) is 12.3. The minimum atomic E-state index is -5.08. The predicted octanol–water partition coefficient (Wildman–Crippen LogP) is 3.32. The van der Waals surface area contributed by atoms with Crippen LogP contribution >= 0.6 is 11.3 Å². The molecule has 17 heteroatoms. The third-order valence-electron chi connectivity index (χ3n) is 5.07. The summed E-state index contributed by atoms with van der Waals surface area (Å²) in [5.74, 6) is -2.83. The van der Waals surface area contributed by atoms with E-state index in [2.05, 4.69) is 30.2 Å². The average Bonchev–Trinajstić information content (AvgIpc) is 3.45. The Morgan fingerprint density at radius 2 is 1.97 bits per heavy atom. The first-order chi connectivity index (χ1) is 17.9. The van der Waals surface area contributed by atoms with Crippen molar-refractivity contribution in [2.75, 3.05) is 11.1 Å². The number of nitrogens with two attached hydrogens (primary N) is 1. The van der Waals surface area contributed by atoms with Crippen molar-refractivity contribution in [1.29, 1.82) is 0 Å². The lowest BCUT2D eigenvalue weighted by Crippen LogP contribution is -2.23. The number of carboxylic acids is 1. The number of thiazole rings is 1. The molecule has 5 N–H and O–H groups in total. The molecule has 0 saturated heterocycles. The minimum Gasteiger partial charge on any atom is -0.475 e. The monoisotopic (exact) mass is 551 g/mol. The number of anilines is 2. The summed E-state index contributed by atoms with van der Waals surface area (Å²) in [7, 11) is 0. The lowest BCUT2D eigenvalue weighted by Gasteiger charge is -2.18. The Hall–Kier alpha value is -4.67. The fraction of sp³-hybridized carbons (Fsp3) is 0.190. The number of aliphatic carboxylic acids is 1. The minimum absolute atomic E-state index is 0.0567. The summed E-state index contributed by atoms with van der Waals surface area (Å²) in [6.45, 7) is 3.65. The van der Waals surface area contributed by atoms with Gasteiger partial charge in [-0.05, 0) is 19.9 Å². The van der Waals surface area contributed by atoms with Gasteiger partial charge in [-0.1, -0.05) is 0 Å². The maximum atomic E-state index is 13.9. The largest absolute Gasteiger partial charge is 0.490 e. The van der Waals surface area contributed by atoms with Crippen molar-refractivity contribution in [3.05, 3.63) is 57.7 Å². The number of aromatic amines is 1. The van der Waals surface area contributed by atoms with Crippen LogP contribution in [-0.2, 0) is 4.79 Å². The van der Waals surface area contributed by atoms with Crippen LogP contribution in [0.25, 0.3) is 27.3 Å². The molecule has 5 rings (SSSR count). The first-order valence-corrected chi connectivity index (χ1v) is 11.4. The van der Waals surface area contributed by atoms with Crippen molar-refractivity contribution < 1.29 is 27.5 Å². The van der Waals surface area contributed by atoms with Gasteiger partial charge in [0.15, 0.2) is 16.4 Å². The molecule has 5 heterocycles. The Balaban J connectivity index is 0.000000426. The molecular weight excluding hydrogens is 534 g/mol. The van der Waals surface area contributed by atoms with Gasteiger partial charge in [0.1, 0.15) is 11.3 Å². The molecule has 0 aromatic carbocycles. The zero-order valence-corrected chi connectivity index (χ0v) is 20.2. The standard InChI is InChI=1S/C19H16FN9OS.C2HF3O2/c1-8-6-31-19-26-13(12(17(30)29(8)19)10-3-11(20)5-22-4-10)9(2)25-16-14-15(24-7-23-14)27-18(21)28-16;3-2(4,5)1(6)7/h3-7,9H,1-2H3,(H4,21,23,24,25,27,28);(H,6,7). The van der Waals surface area contributed by atoms with Crippen molar-refractivity contribution >= 4 is 45.2 Å². The first kappa shape index (κ1) is 26.4. The SMILES string of the molecule is Cc1csc2nc(C(C)Nc3nc(N)nc4nc[nH]c34)c(-c3cncc(F)c3)c(=O)n12.O=C(O)C(F)(F)F. The molecule has 0 saturated carbocycles. The van der Waals surface area contributed by atoms with E-state index in [1.54, 1.807) is 0 Å². The van der Waals surface area contributed by atoms with Crippen LogP contribution in [-0.4, -0.2) is 51.6 Å². The molecule has 38 heavy (non-hydrogen) atoms. The number of rotatable bonds is 4. The predicted molar refractivity (Wildman–Crippen MR) is 129 cm³/mol. The number of H-pyrrole nitrogens is 1. The van der Waals surface area contributed by atoms with Crippen LogP contribution in [0.4, 0.5) is 29.3 Å². The molecule has 5 aromatic rings. The van der Waals surface area contributed by atoms with Gasteiger partial charge in [-0.25, -0.2) is 19.2 Å². The summed E-state index contributed by atoms with van der Waals surface area (Å²) in [6, 6.07) is 0.782. The zero-order valence-electron chi connectivity index (χ0n) is 19.4. The number of imidazole rings is 1. The second-order valence-electron chi connectivity index (χ2n) is 7.76. The molecule has 0 spiro atoms. The Morgan fingerprint density at radius 3 is 2.63 bits per heavy atom. The van der Waals surface area contributed by atoms with E-state index < -0.39 is 24.0 Å². The molecular formula is C21H17F4N9O3S. The average molecular weight is 551 g/mol. The highest BCUT2D eigenvalue weighted by atomic mass is 32.1. The van der Waals surface area contributed by atoms with Gasteiger partial charge >= 0.3 is 12.1 Å². The first-order valence-electron chi connectivity index (χ1n) is 10.5. The lowest BCUT2D eigenvalue weighted by molar-refractivity contribution is -0.192. The molecule has 0 radical (unpaired) electrons. The zero-order chi connectivity index (χ0) is 27.8. The van der Waals surface area contributed by atoms with E-state index in [1.807, 2.05) is 19.2 Å². The smallest absolute Gasteiger partial charge is 0.475 e. The van der Waals surface area contributed by atoms with Crippen molar-refractivity contribution in [2.24, 2.45) is 0 Å². The number of aromatic nitrogens is 7. The highest BCUT2D eigenvalue weighted by molar-refractivity contribution is 7.15. The van der Waals surface area contributed by atoms with E-state index in [0.717, 1.165) is 11.9 Å². The number of pyridine rings is 1. The molecule has 0 bridgehead atoms. The number of alkyl halides is 3. The second-order valence-corrected chi connectivity index (χ2v) is 8.60. The number of carboxylic acid groups (broad SMARTS) is 1. The number of carbonyl (C=O) groups is 1. The summed E-state index contributed by atoms with van der Waals surface area (Å²) in [5, 5.41) is 12.2. The molecule has 0 aliphatic carbocycles. The summed E-state index contributed by atoms with van der Waals surface area (Å²) >= 11 is 1.35. The summed E-state index contributed by atoms with van der Waals surface area (Å²) < 4.78 is 47.2. The molecule has 12 nitrogen and oxygen atoms in total. The van der Waals surface area contributed by atoms with Gasteiger partial charge in [0.05, 0.1) is 29.8 Å². The quantitative estimate of drug-likeness (QED) is 0.242. The van der Waals surface area contributed by atoms with Gasteiger partial charge < -0.3 is 21.1 Å². The van der Waals surface area contributed by atoms with E-state index >= 15 is 0 Å². The van der Waals surface area contributed by atoms with Crippen LogP contribution in [0.15, 0.2) is 35.0 Å². The summed E-state index contributed by atoms with van der Waals surface area (Å²) in [6.07, 6.45) is -1.06. The number of fused-ring (bicyclic) bond motifs is 2. The van der Waals surface area contributed by atoms with Crippen molar-refractivity contribution in [2.45, 2.75) is 26.1 Å². The number of nitrogen functional groups attached to an aromatic ring is 1. The number of nitrogens with zero attached hydrogens (tertiary/aromatic N) is 6. The van der Waals surface area contributed by atoms with Gasteiger partial charge in [0, 0.05) is 22.8 Å². The van der Waals surface area contributed by atoms with Crippen LogP contribution in [0.2, 0.25) is 0 Å². The van der Waals surface area contributed by atoms with Crippen molar-refractivity contribution in [3.63, 3.8) is 0 Å². The van der Waals surface area contributed by atoms with Crippen LogP contribution in [0, 0.1) is 12.7 Å².